The highest BCUT2D eigenvalue weighted by Gasteiger charge is 2.17. The molecule has 35 heavy (non-hydrogen) atoms. The lowest BCUT2D eigenvalue weighted by Crippen LogP contribution is -2.43. The van der Waals surface area contributed by atoms with Gasteiger partial charge in [-0.25, -0.2) is 9.59 Å². The second kappa shape index (κ2) is 11.3. The van der Waals surface area contributed by atoms with Crippen LogP contribution in [-0.4, -0.2) is 22.0 Å². The second-order valence-corrected chi connectivity index (χ2v) is 8.09. The number of carbonyl (C=O) groups is 2. The molecule has 0 atom stereocenters. The molecule has 0 saturated carbocycles. The number of carbonyl (C=O) groups excluding carboxylic acids is 2. The summed E-state index contributed by atoms with van der Waals surface area (Å²) in [5.41, 5.74) is 3.05. The molecule has 0 amide bonds. The molecule has 0 bridgehead atoms. The van der Waals surface area contributed by atoms with Crippen LogP contribution < -0.4 is 13.9 Å². The first-order valence-corrected chi connectivity index (χ1v) is 11.2. The smallest absolute Gasteiger partial charge is 0.396 e. The van der Waals surface area contributed by atoms with Gasteiger partial charge in [-0.05, 0) is 47.5 Å². The van der Waals surface area contributed by atoms with E-state index >= 15 is 0 Å². The molecule has 0 aliphatic carbocycles. The van der Waals surface area contributed by atoms with Crippen LogP contribution in [0.25, 0.3) is 0 Å². The molecular formula is C28H26N2O5+2. The lowest BCUT2D eigenvalue weighted by Gasteiger charge is -2.07. The van der Waals surface area contributed by atoms with Gasteiger partial charge in [-0.3, -0.25) is 0 Å². The monoisotopic (exact) mass is 470 g/mol. The van der Waals surface area contributed by atoms with Gasteiger partial charge in [0.05, 0.1) is 26.1 Å². The third-order valence-corrected chi connectivity index (χ3v) is 5.46. The first kappa shape index (κ1) is 23.9. The molecule has 0 spiro atoms. The van der Waals surface area contributed by atoms with Crippen molar-refractivity contribution in [3.8, 4) is 11.5 Å². The first-order valence-electron chi connectivity index (χ1n) is 11.2. The number of benzene rings is 2. The van der Waals surface area contributed by atoms with Crippen LogP contribution in [0.5, 0.6) is 11.5 Å². The summed E-state index contributed by atoms with van der Waals surface area (Å²) in [5.74, 6) is 1.08. The second-order valence-electron chi connectivity index (χ2n) is 8.09. The van der Waals surface area contributed by atoms with Crippen molar-refractivity contribution in [1.82, 2.24) is 0 Å². The molecule has 4 aromatic rings. The Balaban J connectivity index is 1.33. The average Bonchev–Trinajstić information content (AvgIpc) is 2.91. The number of pyridine rings is 2. The zero-order valence-corrected chi connectivity index (χ0v) is 19.1. The molecular weight excluding hydrogens is 444 g/mol. The number of aliphatic hydroxyl groups is 2. The van der Waals surface area contributed by atoms with Gasteiger partial charge in [-0.1, -0.05) is 24.3 Å². The third kappa shape index (κ3) is 6.44. The van der Waals surface area contributed by atoms with Crippen molar-refractivity contribution >= 4 is 11.8 Å². The van der Waals surface area contributed by atoms with Crippen LogP contribution in [0.15, 0.2) is 97.6 Å². The van der Waals surface area contributed by atoms with E-state index in [1.165, 1.54) is 9.13 Å². The largest absolute Gasteiger partial charge is 0.457 e. The van der Waals surface area contributed by atoms with E-state index in [1.54, 1.807) is 73.3 Å². The van der Waals surface area contributed by atoms with Crippen LogP contribution in [0.4, 0.5) is 0 Å². The Labute approximate surface area is 203 Å². The van der Waals surface area contributed by atoms with Crippen molar-refractivity contribution in [1.29, 1.82) is 0 Å². The van der Waals surface area contributed by atoms with Crippen LogP contribution in [0, 0.1) is 0 Å². The van der Waals surface area contributed by atoms with E-state index < -0.39 is 0 Å². The Morgan fingerprint density at radius 1 is 0.600 bits per heavy atom. The van der Waals surface area contributed by atoms with Crippen molar-refractivity contribution in [2.24, 2.45) is 0 Å². The summed E-state index contributed by atoms with van der Waals surface area (Å²) in [6.45, 7) is -0.232. The molecule has 4 rings (SSSR count). The van der Waals surface area contributed by atoms with Gasteiger partial charge in [0.25, 0.3) is 0 Å². The summed E-state index contributed by atoms with van der Waals surface area (Å²) in [4.78, 5) is 25.0. The standard InChI is InChI=1S/C28H26N2O5/c31-19-23-3-1-13-29(17-23)27(33)15-21-5-9-25(10-6-21)35-26-11-7-22(8-12-26)16-28(34)30-14-2-4-24(18-30)20-32/h1-14,17-18,31-32H,15-16,19-20H2/q+2. The maximum atomic E-state index is 12.5. The summed E-state index contributed by atoms with van der Waals surface area (Å²) in [6.07, 6.45) is 7.04. The molecule has 0 saturated heterocycles. The number of nitrogens with zero attached hydrogens (tertiary/aromatic N) is 2. The lowest BCUT2D eigenvalue weighted by atomic mass is 10.1. The highest BCUT2D eigenvalue weighted by Crippen LogP contribution is 2.22. The Morgan fingerprint density at radius 2 is 1.00 bits per heavy atom. The maximum Gasteiger partial charge on any atom is 0.396 e. The van der Waals surface area contributed by atoms with Crippen molar-refractivity contribution in [3.05, 3.63) is 120 Å². The lowest BCUT2D eigenvalue weighted by molar-refractivity contribution is -0.575. The Morgan fingerprint density at radius 3 is 1.37 bits per heavy atom. The quantitative estimate of drug-likeness (QED) is 0.387. The summed E-state index contributed by atoms with van der Waals surface area (Å²) >= 11 is 0. The number of hydrogen-bond donors (Lipinski definition) is 2. The van der Waals surface area contributed by atoms with Gasteiger partial charge < -0.3 is 14.9 Å². The summed E-state index contributed by atoms with van der Waals surface area (Å²) in [5, 5.41) is 18.5. The Hall–Kier alpha value is -4.20. The molecule has 2 aromatic heterocycles. The molecule has 0 fully saturated rings. The molecule has 0 aliphatic rings. The van der Waals surface area contributed by atoms with E-state index in [-0.39, 0.29) is 37.9 Å². The molecule has 0 aliphatic heterocycles. The van der Waals surface area contributed by atoms with E-state index in [4.69, 9.17) is 4.74 Å². The van der Waals surface area contributed by atoms with Crippen LogP contribution in [0.3, 0.4) is 0 Å². The van der Waals surface area contributed by atoms with Crippen LogP contribution >= 0.6 is 0 Å². The van der Waals surface area contributed by atoms with Crippen molar-refractivity contribution in [2.75, 3.05) is 0 Å². The summed E-state index contributed by atoms with van der Waals surface area (Å²) in [6, 6.07) is 21.6. The fraction of sp³-hybridized carbons (Fsp3) is 0.143. The van der Waals surface area contributed by atoms with Crippen LogP contribution in [0.1, 0.15) is 31.8 Å². The zero-order valence-electron chi connectivity index (χ0n) is 19.1. The average molecular weight is 471 g/mol. The summed E-state index contributed by atoms with van der Waals surface area (Å²) in [7, 11) is 0. The van der Waals surface area contributed by atoms with Gasteiger partial charge in [-0.2, -0.15) is 0 Å². The number of ether oxygens (including phenoxy) is 1. The minimum Gasteiger partial charge on any atom is -0.457 e. The van der Waals surface area contributed by atoms with Gasteiger partial charge in [-0.15, -0.1) is 9.13 Å². The molecule has 2 N–H and O–H groups in total. The topological polar surface area (TPSA) is 91.6 Å². The minimum absolute atomic E-state index is 0.0969. The van der Waals surface area contributed by atoms with E-state index in [1.807, 2.05) is 24.3 Å². The van der Waals surface area contributed by atoms with Crippen molar-refractivity contribution < 1.29 is 33.7 Å². The van der Waals surface area contributed by atoms with Gasteiger partial charge in [0.1, 0.15) is 11.5 Å². The molecule has 2 heterocycles. The van der Waals surface area contributed by atoms with Gasteiger partial charge >= 0.3 is 11.8 Å². The number of hydrogen-bond acceptors (Lipinski definition) is 5. The molecule has 2 aromatic carbocycles. The normalized spacial score (nSPS) is 10.7. The van der Waals surface area contributed by atoms with Crippen LogP contribution in [-0.2, 0) is 26.1 Å². The predicted molar refractivity (Wildman–Crippen MR) is 127 cm³/mol. The zero-order chi connectivity index (χ0) is 24.6. The van der Waals surface area contributed by atoms with Gasteiger partial charge in [0.15, 0.2) is 24.8 Å². The SMILES string of the molecule is O=C(Cc1ccc(Oc2ccc(CC(=O)[n+]3cccc(CO)c3)cc2)cc1)[n+]1cccc(CO)c1. The van der Waals surface area contributed by atoms with E-state index in [9.17, 15) is 19.8 Å². The first-order chi connectivity index (χ1) is 17.0. The summed E-state index contributed by atoms with van der Waals surface area (Å²) < 4.78 is 8.84. The third-order valence-electron chi connectivity index (χ3n) is 5.46. The van der Waals surface area contributed by atoms with Crippen molar-refractivity contribution in [3.63, 3.8) is 0 Å². The van der Waals surface area contributed by atoms with Gasteiger partial charge in [0, 0.05) is 23.3 Å². The fourth-order valence-electron chi connectivity index (χ4n) is 3.56. The van der Waals surface area contributed by atoms with Crippen molar-refractivity contribution in [2.45, 2.75) is 26.1 Å². The predicted octanol–water partition coefficient (Wildman–Crippen LogP) is 2.80. The highest BCUT2D eigenvalue weighted by molar-refractivity contribution is 5.70. The Bertz CT molecular complexity index is 1220. The number of aromatic nitrogens is 2. The molecule has 7 nitrogen and oxygen atoms in total. The minimum atomic E-state index is -0.116. The van der Waals surface area contributed by atoms with E-state index in [2.05, 4.69) is 0 Å². The van der Waals surface area contributed by atoms with Gasteiger partial charge in [0.2, 0.25) is 0 Å². The highest BCUT2D eigenvalue weighted by atomic mass is 16.5. The fourth-order valence-corrected chi connectivity index (χ4v) is 3.56. The number of aliphatic hydroxyl groups excluding tert-OH is 2. The number of rotatable bonds is 8. The maximum absolute atomic E-state index is 12.5. The van der Waals surface area contributed by atoms with E-state index in [0.29, 0.717) is 22.6 Å². The molecule has 176 valence electrons. The molecule has 7 heteroatoms. The van der Waals surface area contributed by atoms with Crippen LogP contribution in [0.2, 0.25) is 0 Å². The molecule has 0 radical (unpaired) electrons. The molecule has 0 unspecified atom stereocenters. The Kier molecular flexibility index (Phi) is 7.72. The van der Waals surface area contributed by atoms with E-state index in [0.717, 1.165) is 11.1 Å².